The summed E-state index contributed by atoms with van der Waals surface area (Å²) >= 11 is 5.05. The van der Waals surface area contributed by atoms with Gasteiger partial charge < -0.3 is 15.1 Å². The van der Waals surface area contributed by atoms with E-state index in [-0.39, 0.29) is 18.1 Å². The van der Waals surface area contributed by atoms with E-state index >= 15 is 0 Å². The molecule has 3 amide bonds. The van der Waals surface area contributed by atoms with Gasteiger partial charge in [-0.15, -0.1) is 0 Å². The van der Waals surface area contributed by atoms with Gasteiger partial charge in [-0.3, -0.25) is 9.69 Å². The first kappa shape index (κ1) is 10.2. The molecule has 2 rings (SSSR count). The van der Waals surface area contributed by atoms with Crippen molar-refractivity contribution in [3.05, 3.63) is 0 Å². The van der Waals surface area contributed by atoms with Gasteiger partial charge >= 0.3 is 6.03 Å². The van der Waals surface area contributed by atoms with Gasteiger partial charge in [-0.05, 0) is 12.2 Å². The third-order valence-corrected chi connectivity index (χ3v) is 3.30. The molecule has 2 fully saturated rings. The van der Waals surface area contributed by atoms with E-state index in [9.17, 15) is 9.59 Å². The Bertz CT molecular complexity index is 359. The molecule has 15 heavy (non-hydrogen) atoms. The van der Waals surface area contributed by atoms with Gasteiger partial charge in [-0.1, -0.05) is 0 Å². The van der Waals surface area contributed by atoms with Gasteiger partial charge in [-0.2, -0.15) is 0 Å². The molecule has 1 N–H and O–H groups in total. The molecule has 0 spiro atoms. The van der Waals surface area contributed by atoms with Crippen LogP contribution >= 0.6 is 12.2 Å². The zero-order valence-corrected chi connectivity index (χ0v) is 9.54. The number of fused-ring (bicyclic) bond motifs is 1. The Morgan fingerprint density at radius 2 is 1.80 bits per heavy atom. The molecule has 0 aromatic heterocycles. The highest BCUT2D eigenvalue weighted by atomic mass is 32.1. The van der Waals surface area contributed by atoms with Crippen LogP contribution in [0.25, 0.3) is 0 Å². The van der Waals surface area contributed by atoms with E-state index in [2.05, 4.69) is 5.32 Å². The van der Waals surface area contributed by atoms with Crippen LogP contribution in [0.1, 0.15) is 0 Å². The summed E-state index contributed by atoms with van der Waals surface area (Å²) < 4.78 is 0. The van der Waals surface area contributed by atoms with E-state index in [1.165, 1.54) is 11.9 Å². The molecular weight excluding hydrogens is 216 g/mol. The molecular formula is C8H12N4O2S. The van der Waals surface area contributed by atoms with Crippen molar-refractivity contribution in [1.29, 1.82) is 0 Å². The fraction of sp³-hybridized carbons (Fsp3) is 0.625. The second kappa shape index (κ2) is 3.06. The summed E-state index contributed by atoms with van der Waals surface area (Å²) in [5.74, 6) is -0.224. The standard InChI is InChI=1S/C8H12N4O2S/c1-10-4-5(9-7(10)15)11(2)8(14)12(3)6(4)13/h4-5H,1-3H3,(H,9,15). The topological polar surface area (TPSA) is 55.9 Å². The van der Waals surface area contributed by atoms with E-state index in [1.54, 1.807) is 19.0 Å². The predicted molar refractivity (Wildman–Crippen MR) is 57.0 cm³/mol. The van der Waals surface area contributed by atoms with Crippen molar-refractivity contribution < 1.29 is 9.59 Å². The second-order valence-electron chi connectivity index (χ2n) is 3.74. The Hall–Kier alpha value is -1.37. The van der Waals surface area contributed by atoms with Gasteiger partial charge in [0, 0.05) is 21.1 Å². The lowest BCUT2D eigenvalue weighted by molar-refractivity contribution is -0.135. The first-order valence-corrected chi connectivity index (χ1v) is 4.93. The number of hydrogen-bond donors (Lipinski definition) is 1. The monoisotopic (exact) mass is 228 g/mol. The average molecular weight is 228 g/mol. The van der Waals surface area contributed by atoms with Crippen LogP contribution in [0.5, 0.6) is 0 Å². The van der Waals surface area contributed by atoms with Gasteiger partial charge in [0.05, 0.1) is 0 Å². The van der Waals surface area contributed by atoms with Crippen LogP contribution in [0, 0.1) is 0 Å². The molecule has 0 saturated carbocycles. The quantitative estimate of drug-likeness (QED) is 0.540. The van der Waals surface area contributed by atoms with E-state index in [0.717, 1.165) is 4.90 Å². The molecule has 0 aromatic rings. The molecule has 82 valence electrons. The minimum Gasteiger partial charge on any atom is -0.340 e. The SMILES string of the molecule is CN1C(=O)C2C(NC(=S)N2C)N(C)C1=O. The molecule has 2 unspecified atom stereocenters. The molecule has 2 atom stereocenters. The fourth-order valence-electron chi connectivity index (χ4n) is 1.90. The number of likely N-dealkylation sites (N-methyl/N-ethyl adjacent to an activating group) is 3. The first-order chi connectivity index (χ1) is 6.95. The van der Waals surface area contributed by atoms with Crippen molar-refractivity contribution >= 4 is 29.3 Å². The number of amides is 3. The number of urea groups is 1. The van der Waals surface area contributed by atoms with E-state index < -0.39 is 6.04 Å². The Morgan fingerprint density at radius 3 is 2.40 bits per heavy atom. The number of hydrogen-bond acceptors (Lipinski definition) is 3. The zero-order valence-electron chi connectivity index (χ0n) is 8.72. The summed E-state index contributed by atoms with van der Waals surface area (Å²) in [5, 5.41) is 3.45. The molecule has 2 aliphatic heterocycles. The van der Waals surface area contributed by atoms with Gasteiger partial charge in [0.15, 0.2) is 5.11 Å². The molecule has 7 heteroatoms. The Balaban J connectivity index is 2.38. The highest BCUT2D eigenvalue weighted by Gasteiger charge is 2.50. The van der Waals surface area contributed by atoms with Crippen LogP contribution in [-0.2, 0) is 4.79 Å². The maximum Gasteiger partial charge on any atom is 0.327 e. The third-order valence-electron chi connectivity index (χ3n) is 2.90. The number of nitrogens with zero attached hydrogens (tertiary/aromatic N) is 3. The van der Waals surface area contributed by atoms with Crippen LogP contribution in [0.3, 0.4) is 0 Å². The van der Waals surface area contributed by atoms with Crippen molar-refractivity contribution in [3.63, 3.8) is 0 Å². The summed E-state index contributed by atoms with van der Waals surface area (Å²) in [6.45, 7) is 0. The van der Waals surface area contributed by atoms with E-state index in [4.69, 9.17) is 12.2 Å². The second-order valence-corrected chi connectivity index (χ2v) is 4.13. The lowest BCUT2D eigenvalue weighted by Gasteiger charge is -2.38. The Kier molecular flexibility index (Phi) is 2.07. The Labute approximate surface area is 92.8 Å². The summed E-state index contributed by atoms with van der Waals surface area (Å²) in [6.07, 6.45) is -0.348. The molecule has 0 bridgehead atoms. The van der Waals surface area contributed by atoms with Crippen molar-refractivity contribution in [2.24, 2.45) is 0 Å². The summed E-state index contributed by atoms with van der Waals surface area (Å²) in [5.41, 5.74) is 0. The number of nitrogens with one attached hydrogen (secondary N) is 1. The number of thiocarbonyl (C=S) groups is 1. The lowest BCUT2D eigenvalue weighted by atomic mass is 10.1. The van der Waals surface area contributed by atoms with Crippen LogP contribution in [0.4, 0.5) is 4.79 Å². The van der Waals surface area contributed by atoms with Crippen molar-refractivity contribution in [1.82, 2.24) is 20.0 Å². The van der Waals surface area contributed by atoms with Gasteiger partial charge in [0.1, 0.15) is 12.2 Å². The lowest BCUT2D eigenvalue weighted by Crippen LogP contribution is -2.64. The number of imide groups is 1. The molecule has 2 saturated heterocycles. The number of rotatable bonds is 0. The minimum atomic E-state index is -0.412. The predicted octanol–water partition coefficient (Wildman–Crippen LogP) is -0.975. The molecule has 2 heterocycles. The third kappa shape index (κ3) is 1.19. The van der Waals surface area contributed by atoms with Crippen LogP contribution < -0.4 is 5.32 Å². The Morgan fingerprint density at radius 1 is 1.20 bits per heavy atom. The average Bonchev–Trinajstić information content (AvgIpc) is 2.50. The van der Waals surface area contributed by atoms with Crippen molar-refractivity contribution in [3.8, 4) is 0 Å². The van der Waals surface area contributed by atoms with Gasteiger partial charge in [0.2, 0.25) is 0 Å². The van der Waals surface area contributed by atoms with E-state index in [1.807, 2.05) is 0 Å². The van der Waals surface area contributed by atoms with Crippen LogP contribution in [-0.4, -0.2) is 65.1 Å². The highest BCUT2D eigenvalue weighted by Crippen LogP contribution is 2.22. The summed E-state index contributed by atoms with van der Waals surface area (Å²) in [6, 6.07) is -0.725. The summed E-state index contributed by atoms with van der Waals surface area (Å²) in [4.78, 5) is 27.8. The van der Waals surface area contributed by atoms with Crippen LogP contribution in [0.15, 0.2) is 0 Å². The first-order valence-electron chi connectivity index (χ1n) is 4.53. The smallest absolute Gasteiger partial charge is 0.327 e. The normalized spacial score (nSPS) is 30.9. The number of carbonyl (C=O) groups is 2. The molecule has 0 radical (unpaired) electrons. The maximum atomic E-state index is 11.9. The largest absolute Gasteiger partial charge is 0.340 e. The fourth-order valence-corrected chi connectivity index (χ4v) is 2.14. The van der Waals surface area contributed by atoms with E-state index in [0.29, 0.717) is 5.11 Å². The highest BCUT2D eigenvalue weighted by molar-refractivity contribution is 7.80. The molecule has 0 aliphatic carbocycles. The summed E-state index contributed by atoms with van der Waals surface area (Å²) in [7, 11) is 4.87. The number of carbonyl (C=O) groups excluding carboxylic acids is 2. The maximum absolute atomic E-state index is 11.9. The van der Waals surface area contributed by atoms with Crippen molar-refractivity contribution in [2.45, 2.75) is 12.2 Å². The molecule has 6 nitrogen and oxygen atoms in total. The molecule has 0 aromatic carbocycles. The molecule has 2 aliphatic rings. The zero-order chi connectivity index (χ0) is 11.3. The van der Waals surface area contributed by atoms with Gasteiger partial charge in [-0.25, -0.2) is 4.79 Å². The van der Waals surface area contributed by atoms with Crippen molar-refractivity contribution in [2.75, 3.05) is 21.1 Å². The minimum absolute atomic E-state index is 0.224. The van der Waals surface area contributed by atoms with Crippen LogP contribution in [0.2, 0.25) is 0 Å². The van der Waals surface area contributed by atoms with Gasteiger partial charge in [0.25, 0.3) is 5.91 Å².